The van der Waals surface area contributed by atoms with Gasteiger partial charge in [0.05, 0.1) is 0 Å². The van der Waals surface area contributed by atoms with Crippen LogP contribution in [-0.2, 0) is 0 Å². The van der Waals surface area contributed by atoms with Crippen LogP contribution in [0, 0.1) is 5.41 Å². The van der Waals surface area contributed by atoms with Gasteiger partial charge in [0.1, 0.15) is 0 Å². The van der Waals surface area contributed by atoms with Crippen molar-refractivity contribution >= 4 is 0 Å². The van der Waals surface area contributed by atoms with Gasteiger partial charge >= 0.3 is 0 Å². The molecule has 3 rings (SSSR count). The number of hydrogen-bond acceptors (Lipinski definition) is 2. The van der Waals surface area contributed by atoms with Gasteiger partial charge in [0.25, 0.3) is 0 Å². The molecule has 0 bridgehead atoms. The Balaban J connectivity index is 1.79. The summed E-state index contributed by atoms with van der Waals surface area (Å²) in [5.41, 5.74) is 1.81. The minimum atomic E-state index is 0.342. The second-order valence-corrected chi connectivity index (χ2v) is 7.18. The monoisotopic (exact) mass is 258 g/mol. The van der Waals surface area contributed by atoms with Crippen molar-refractivity contribution < 1.29 is 0 Å². The first-order valence-electron chi connectivity index (χ1n) is 7.60. The van der Waals surface area contributed by atoms with Crippen molar-refractivity contribution in [2.45, 2.75) is 51.7 Å². The van der Waals surface area contributed by atoms with E-state index >= 15 is 0 Å². The molecule has 1 aromatic rings. The van der Waals surface area contributed by atoms with Gasteiger partial charge in [0.2, 0.25) is 0 Å². The van der Waals surface area contributed by atoms with Crippen molar-refractivity contribution in [2.75, 3.05) is 13.1 Å². The molecule has 0 radical (unpaired) electrons. The molecule has 104 valence electrons. The first-order chi connectivity index (χ1) is 9.05. The lowest BCUT2D eigenvalue weighted by atomic mass is 9.84. The quantitative estimate of drug-likeness (QED) is 0.876. The smallest absolute Gasteiger partial charge is 0.0476 e. The topological polar surface area (TPSA) is 15.3 Å². The van der Waals surface area contributed by atoms with Crippen LogP contribution in [0.5, 0.6) is 0 Å². The van der Waals surface area contributed by atoms with Crippen molar-refractivity contribution in [1.82, 2.24) is 10.2 Å². The molecular formula is C17H26N2. The largest absolute Gasteiger partial charge is 0.310 e. The number of benzene rings is 1. The summed E-state index contributed by atoms with van der Waals surface area (Å²) in [5, 5.41) is 3.78. The zero-order chi connectivity index (χ0) is 13.5. The highest BCUT2D eigenvalue weighted by Crippen LogP contribution is 2.38. The molecule has 1 aliphatic carbocycles. The SMILES string of the molecule is CC(C)(C)C1CN(C2CC2)C(c2ccccc2)CN1. The molecule has 1 aromatic carbocycles. The average Bonchev–Trinajstić information content (AvgIpc) is 3.22. The van der Waals surface area contributed by atoms with Crippen molar-refractivity contribution in [3.63, 3.8) is 0 Å². The minimum Gasteiger partial charge on any atom is -0.310 e. The Kier molecular flexibility index (Phi) is 3.40. The molecular weight excluding hydrogens is 232 g/mol. The fourth-order valence-electron chi connectivity index (χ4n) is 3.15. The van der Waals surface area contributed by atoms with Crippen LogP contribution in [0.3, 0.4) is 0 Å². The third-order valence-electron chi connectivity index (χ3n) is 4.60. The molecule has 2 nitrogen and oxygen atoms in total. The second kappa shape index (κ2) is 4.92. The lowest BCUT2D eigenvalue weighted by molar-refractivity contribution is 0.0788. The van der Waals surface area contributed by atoms with Gasteiger partial charge in [0.15, 0.2) is 0 Å². The number of piperazine rings is 1. The Bertz CT molecular complexity index is 417. The first kappa shape index (κ1) is 13.1. The van der Waals surface area contributed by atoms with Gasteiger partial charge in [0, 0.05) is 31.2 Å². The van der Waals surface area contributed by atoms with Crippen LogP contribution >= 0.6 is 0 Å². The van der Waals surface area contributed by atoms with E-state index in [-0.39, 0.29) is 0 Å². The van der Waals surface area contributed by atoms with Crippen molar-refractivity contribution in [3.05, 3.63) is 35.9 Å². The van der Waals surface area contributed by atoms with Crippen LogP contribution in [-0.4, -0.2) is 30.1 Å². The molecule has 1 saturated carbocycles. The van der Waals surface area contributed by atoms with Crippen molar-refractivity contribution in [2.24, 2.45) is 5.41 Å². The Hall–Kier alpha value is -0.860. The summed E-state index contributed by atoms with van der Waals surface area (Å²) in [4.78, 5) is 2.75. The summed E-state index contributed by atoms with van der Waals surface area (Å²) < 4.78 is 0. The predicted molar refractivity (Wildman–Crippen MR) is 80.2 cm³/mol. The van der Waals surface area contributed by atoms with Crippen LogP contribution in [0.25, 0.3) is 0 Å². The van der Waals surface area contributed by atoms with E-state index in [1.54, 1.807) is 0 Å². The highest BCUT2D eigenvalue weighted by Gasteiger charge is 2.41. The molecule has 1 N–H and O–H groups in total. The Morgan fingerprint density at radius 3 is 2.37 bits per heavy atom. The standard InChI is InChI=1S/C17H26N2/c1-17(2,3)16-12-19(14-9-10-14)15(11-18-16)13-7-5-4-6-8-13/h4-8,14-16,18H,9-12H2,1-3H3. The minimum absolute atomic E-state index is 0.342. The van der Waals surface area contributed by atoms with E-state index in [1.807, 2.05) is 0 Å². The van der Waals surface area contributed by atoms with Gasteiger partial charge in [-0.05, 0) is 23.8 Å². The number of hydrogen-bond donors (Lipinski definition) is 1. The summed E-state index contributed by atoms with van der Waals surface area (Å²) >= 11 is 0. The van der Waals surface area contributed by atoms with E-state index < -0.39 is 0 Å². The van der Waals surface area contributed by atoms with Crippen LogP contribution in [0.2, 0.25) is 0 Å². The molecule has 2 fully saturated rings. The summed E-state index contributed by atoms with van der Waals surface area (Å²) in [6, 6.07) is 13.0. The normalized spacial score (nSPS) is 29.4. The zero-order valence-electron chi connectivity index (χ0n) is 12.4. The number of nitrogens with one attached hydrogen (secondary N) is 1. The summed E-state index contributed by atoms with van der Waals surface area (Å²) in [7, 11) is 0. The fraction of sp³-hybridized carbons (Fsp3) is 0.647. The average molecular weight is 258 g/mol. The molecule has 1 saturated heterocycles. The van der Waals surface area contributed by atoms with E-state index in [2.05, 4.69) is 61.3 Å². The molecule has 19 heavy (non-hydrogen) atoms. The van der Waals surface area contributed by atoms with Crippen LogP contribution in [0.1, 0.15) is 45.2 Å². The lowest BCUT2D eigenvalue weighted by Crippen LogP contribution is -2.57. The molecule has 1 aliphatic heterocycles. The third-order valence-corrected chi connectivity index (χ3v) is 4.60. The van der Waals surface area contributed by atoms with Gasteiger partial charge in [-0.2, -0.15) is 0 Å². The highest BCUT2D eigenvalue weighted by atomic mass is 15.3. The van der Waals surface area contributed by atoms with Gasteiger partial charge < -0.3 is 5.32 Å². The molecule has 2 unspecified atom stereocenters. The summed E-state index contributed by atoms with van der Waals surface area (Å²) in [6.45, 7) is 9.31. The summed E-state index contributed by atoms with van der Waals surface area (Å²) in [6.07, 6.45) is 2.78. The van der Waals surface area contributed by atoms with Crippen LogP contribution < -0.4 is 5.32 Å². The predicted octanol–water partition coefficient (Wildman–Crippen LogP) is 3.21. The zero-order valence-corrected chi connectivity index (χ0v) is 12.4. The highest BCUT2D eigenvalue weighted by molar-refractivity contribution is 5.21. The maximum atomic E-state index is 3.78. The van der Waals surface area contributed by atoms with Crippen LogP contribution in [0.15, 0.2) is 30.3 Å². The lowest BCUT2D eigenvalue weighted by Gasteiger charge is -2.45. The fourth-order valence-corrected chi connectivity index (χ4v) is 3.15. The van der Waals surface area contributed by atoms with Gasteiger partial charge in [-0.15, -0.1) is 0 Å². The summed E-state index contributed by atoms with van der Waals surface area (Å²) in [5.74, 6) is 0. The van der Waals surface area contributed by atoms with E-state index in [1.165, 1.54) is 24.9 Å². The molecule has 0 spiro atoms. The molecule has 2 aliphatic rings. The molecule has 1 heterocycles. The van der Waals surface area contributed by atoms with Crippen LogP contribution in [0.4, 0.5) is 0 Å². The maximum absolute atomic E-state index is 3.78. The first-order valence-corrected chi connectivity index (χ1v) is 7.60. The Morgan fingerprint density at radius 1 is 1.11 bits per heavy atom. The van der Waals surface area contributed by atoms with Gasteiger partial charge in [-0.25, -0.2) is 0 Å². The van der Waals surface area contributed by atoms with Gasteiger partial charge in [-0.3, -0.25) is 4.90 Å². The molecule has 2 heteroatoms. The van der Waals surface area contributed by atoms with E-state index in [9.17, 15) is 0 Å². The third kappa shape index (κ3) is 2.85. The molecule has 0 aromatic heterocycles. The van der Waals surface area contributed by atoms with E-state index in [4.69, 9.17) is 0 Å². The number of rotatable bonds is 2. The Morgan fingerprint density at radius 2 is 1.79 bits per heavy atom. The molecule has 0 amide bonds. The number of nitrogens with zero attached hydrogens (tertiary/aromatic N) is 1. The van der Waals surface area contributed by atoms with Crippen molar-refractivity contribution in [3.8, 4) is 0 Å². The van der Waals surface area contributed by atoms with Gasteiger partial charge in [-0.1, -0.05) is 51.1 Å². The van der Waals surface area contributed by atoms with E-state index in [0.29, 0.717) is 17.5 Å². The molecule has 2 atom stereocenters. The Labute approximate surface area is 117 Å². The van der Waals surface area contributed by atoms with E-state index in [0.717, 1.165) is 12.6 Å². The second-order valence-electron chi connectivity index (χ2n) is 7.18. The van der Waals surface area contributed by atoms with Crippen molar-refractivity contribution in [1.29, 1.82) is 0 Å². The maximum Gasteiger partial charge on any atom is 0.0476 e.